The number of anilines is 1. The predicted molar refractivity (Wildman–Crippen MR) is 130 cm³/mol. The number of piperidine rings is 1. The van der Waals surface area contributed by atoms with E-state index in [0.29, 0.717) is 18.2 Å². The number of aromatic nitrogens is 1. The van der Waals surface area contributed by atoms with Crippen LogP contribution in [0.3, 0.4) is 0 Å². The highest BCUT2D eigenvalue weighted by atomic mass is 127. The van der Waals surface area contributed by atoms with Gasteiger partial charge < -0.3 is 20.3 Å². The van der Waals surface area contributed by atoms with E-state index >= 15 is 0 Å². The Morgan fingerprint density at radius 1 is 1.27 bits per heavy atom. The van der Waals surface area contributed by atoms with Crippen molar-refractivity contribution in [3.63, 3.8) is 0 Å². The molecule has 1 aromatic carbocycles. The number of rotatable bonds is 7. The minimum atomic E-state index is -0.246. The molecule has 2 N–H and O–H groups in total. The van der Waals surface area contributed by atoms with Crippen molar-refractivity contribution in [3.8, 4) is 0 Å². The van der Waals surface area contributed by atoms with E-state index in [1.165, 1.54) is 6.07 Å². The Morgan fingerprint density at radius 3 is 2.73 bits per heavy atom. The molecule has 1 aromatic heterocycles. The van der Waals surface area contributed by atoms with Crippen molar-refractivity contribution in [1.29, 1.82) is 0 Å². The van der Waals surface area contributed by atoms with E-state index in [0.717, 1.165) is 49.8 Å². The first-order valence-electron chi connectivity index (χ1n) is 10.2. The number of aliphatic imine (C=N–C) groups is 1. The number of nitrogens with one attached hydrogen (secondary N) is 2. The monoisotopic (exact) mass is 527 g/mol. The number of hydrogen-bond donors (Lipinski definition) is 2. The lowest BCUT2D eigenvalue weighted by atomic mass is 10.1. The fourth-order valence-corrected chi connectivity index (χ4v) is 3.47. The third-order valence-electron chi connectivity index (χ3n) is 4.98. The molecule has 0 spiro atoms. The molecule has 3 rings (SSSR count). The third-order valence-corrected chi connectivity index (χ3v) is 4.98. The van der Waals surface area contributed by atoms with Gasteiger partial charge in [0, 0.05) is 44.5 Å². The van der Waals surface area contributed by atoms with E-state index in [1.807, 2.05) is 24.4 Å². The van der Waals surface area contributed by atoms with Gasteiger partial charge in [0.05, 0.1) is 13.2 Å². The maximum atomic E-state index is 13.8. The Labute approximate surface area is 195 Å². The number of benzene rings is 1. The fourth-order valence-electron chi connectivity index (χ4n) is 3.47. The zero-order valence-corrected chi connectivity index (χ0v) is 19.9. The van der Waals surface area contributed by atoms with Crippen LogP contribution < -0.4 is 15.5 Å². The van der Waals surface area contributed by atoms with E-state index in [1.54, 1.807) is 13.2 Å². The van der Waals surface area contributed by atoms with Crippen molar-refractivity contribution < 1.29 is 9.13 Å². The summed E-state index contributed by atoms with van der Waals surface area (Å²) in [6, 6.07) is 11.5. The van der Waals surface area contributed by atoms with Crippen LogP contribution in [0.4, 0.5) is 10.2 Å². The molecule has 8 heteroatoms. The van der Waals surface area contributed by atoms with Gasteiger partial charge in [-0.3, -0.25) is 0 Å². The number of guanidine groups is 1. The van der Waals surface area contributed by atoms with Crippen molar-refractivity contribution in [2.75, 3.05) is 31.6 Å². The average molecular weight is 527 g/mol. The molecule has 164 valence electrons. The smallest absolute Gasteiger partial charge is 0.191 e. The van der Waals surface area contributed by atoms with Gasteiger partial charge in [-0.05, 0) is 49.6 Å². The maximum absolute atomic E-state index is 13.8. The van der Waals surface area contributed by atoms with Crippen LogP contribution >= 0.6 is 24.0 Å². The molecule has 6 nitrogen and oxygen atoms in total. The lowest BCUT2D eigenvalue weighted by Gasteiger charge is -2.33. The Morgan fingerprint density at radius 2 is 2.07 bits per heavy atom. The second-order valence-electron chi connectivity index (χ2n) is 7.15. The van der Waals surface area contributed by atoms with Crippen LogP contribution in [0.2, 0.25) is 0 Å². The van der Waals surface area contributed by atoms with Gasteiger partial charge in [0.25, 0.3) is 0 Å². The molecule has 0 saturated carbocycles. The molecule has 0 radical (unpaired) electrons. The zero-order chi connectivity index (χ0) is 20.5. The van der Waals surface area contributed by atoms with Gasteiger partial charge in [0.15, 0.2) is 5.96 Å². The Balaban J connectivity index is 0.00000320. The van der Waals surface area contributed by atoms with Crippen LogP contribution in [0.5, 0.6) is 0 Å². The molecular formula is C22H31FIN5O. The second kappa shape index (κ2) is 12.7. The van der Waals surface area contributed by atoms with Crippen LogP contribution in [0.25, 0.3) is 0 Å². The number of hydrogen-bond acceptors (Lipinski definition) is 4. The molecule has 2 aromatic rings. The second-order valence-corrected chi connectivity index (χ2v) is 7.15. The number of ether oxygens (including phenoxy) is 1. The van der Waals surface area contributed by atoms with Crippen LogP contribution in [-0.2, 0) is 17.9 Å². The van der Waals surface area contributed by atoms with Gasteiger partial charge in [0.1, 0.15) is 11.6 Å². The molecular weight excluding hydrogens is 496 g/mol. The van der Waals surface area contributed by atoms with Crippen LogP contribution in [-0.4, -0.2) is 43.7 Å². The predicted octanol–water partition coefficient (Wildman–Crippen LogP) is 3.71. The standard InChI is InChI=1S/C22H30FN5O.HI/c1-3-24-22(26-15-17-7-8-20(23)18(14-17)16-29-2)27-19-9-12-28(13-10-19)21-6-4-5-11-25-21;/h4-8,11,14,19H,3,9-10,12-13,15-16H2,1-2H3,(H2,24,26,27);1H. The maximum Gasteiger partial charge on any atom is 0.191 e. The van der Waals surface area contributed by atoms with Crippen LogP contribution in [0.1, 0.15) is 30.9 Å². The van der Waals surface area contributed by atoms with E-state index in [4.69, 9.17) is 9.73 Å². The van der Waals surface area contributed by atoms with Gasteiger partial charge in [-0.1, -0.05) is 12.1 Å². The zero-order valence-electron chi connectivity index (χ0n) is 17.6. The van der Waals surface area contributed by atoms with Gasteiger partial charge in [-0.2, -0.15) is 0 Å². The molecule has 2 heterocycles. The quantitative estimate of drug-likeness (QED) is 0.327. The van der Waals surface area contributed by atoms with Gasteiger partial charge in [-0.25, -0.2) is 14.4 Å². The normalized spacial score (nSPS) is 14.9. The average Bonchev–Trinajstić information content (AvgIpc) is 2.75. The minimum Gasteiger partial charge on any atom is -0.380 e. The molecule has 0 amide bonds. The first kappa shape index (κ1) is 24.3. The van der Waals surface area contributed by atoms with Crippen molar-refractivity contribution in [2.45, 2.75) is 39.0 Å². The van der Waals surface area contributed by atoms with Crippen molar-refractivity contribution >= 4 is 35.8 Å². The molecule has 0 aliphatic carbocycles. The first-order valence-corrected chi connectivity index (χ1v) is 10.2. The lowest BCUT2D eigenvalue weighted by Crippen LogP contribution is -2.48. The summed E-state index contributed by atoms with van der Waals surface area (Å²) in [6.45, 7) is 5.51. The molecule has 1 aliphatic rings. The van der Waals surface area contributed by atoms with Crippen LogP contribution in [0.15, 0.2) is 47.6 Å². The Kier molecular flexibility index (Phi) is 10.3. The Bertz CT molecular complexity index is 797. The summed E-state index contributed by atoms with van der Waals surface area (Å²) in [6.07, 6.45) is 3.88. The number of halogens is 2. The molecule has 30 heavy (non-hydrogen) atoms. The molecule has 0 atom stereocenters. The summed E-state index contributed by atoms with van der Waals surface area (Å²) in [5.41, 5.74) is 1.51. The minimum absolute atomic E-state index is 0. The number of pyridine rings is 1. The molecule has 0 bridgehead atoms. The lowest BCUT2D eigenvalue weighted by molar-refractivity contribution is 0.181. The van der Waals surface area contributed by atoms with Crippen molar-refractivity contribution in [1.82, 2.24) is 15.6 Å². The van der Waals surface area contributed by atoms with Gasteiger partial charge >= 0.3 is 0 Å². The van der Waals surface area contributed by atoms with Gasteiger partial charge in [-0.15, -0.1) is 24.0 Å². The molecule has 1 fully saturated rings. The summed E-state index contributed by atoms with van der Waals surface area (Å²) in [5, 5.41) is 6.85. The van der Waals surface area contributed by atoms with E-state index in [-0.39, 0.29) is 36.4 Å². The summed E-state index contributed by atoms with van der Waals surface area (Å²) in [4.78, 5) is 11.4. The molecule has 0 unspecified atom stereocenters. The van der Waals surface area contributed by atoms with E-state index in [9.17, 15) is 4.39 Å². The first-order chi connectivity index (χ1) is 14.2. The summed E-state index contributed by atoms with van der Waals surface area (Å²) in [5.74, 6) is 1.58. The molecule has 1 aliphatic heterocycles. The fraction of sp³-hybridized carbons (Fsp3) is 0.455. The number of nitrogens with zero attached hydrogens (tertiary/aromatic N) is 3. The van der Waals surface area contributed by atoms with E-state index < -0.39 is 0 Å². The van der Waals surface area contributed by atoms with Crippen molar-refractivity contribution in [3.05, 3.63) is 59.5 Å². The Hall–Kier alpha value is -1.94. The molecule has 1 saturated heterocycles. The van der Waals surface area contributed by atoms with Crippen LogP contribution in [0, 0.1) is 5.82 Å². The SMILES string of the molecule is CCNC(=NCc1ccc(F)c(COC)c1)NC1CCN(c2ccccn2)CC1.I. The summed E-state index contributed by atoms with van der Waals surface area (Å²) < 4.78 is 18.9. The highest BCUT2D eigenvalue weighted by Gasteiger charge is 2.20. The van der Waals surface area contributed by atoms with Gasteiger partial charge in [0.2, 0.25) is 0 Å². The van der Waals surface area contributed by atoms with Crippen molar-refractivity contribution in [2.24, 2.45) is 4.99 Å². The topological polar surface area (TPSA) is 61.8 Å². The number of methoxy groups -OCH3 is 1. The highest BCUT2D eigenvalue weighted by molar-refractivity contribution is 14.0. The largest absolute Gasteiger partial charge is 0.380 e. The summed E-state index contributed by atoms with van der Waals surface area (Å²) in [7, 11) is 1.57. The third kappa shape index (κ3) is 7.09. The van der Waals surface area contributed by atoms with E-state index in [2.05, 4.69) is 33.5 Å². The summed E-state index contributed by atoms with van der Waals surface area (Å²) >= 11 is 0. The highest BCUT2D eigenvalue weighted by Crippen LogP contribution is 2.17.